The number of benzene rings is 1. The molecule has 0 bridgehead atoms. The lowest BCUT2D eigenvalue weighted by Crippen LogP contribution is -2.48. The molecule has 106 valence electrons. The molecule has 0 amide bonds. The smallest absolute Gasteiger partial charge is 0.182 e. The van der Waals surface area contributed by atoms with Gasteiger partial charge < -0.3 is 0 Å². The van der Waals surface area contributed by atoms with Crippen molar-refractivity contribution in [3.63, 3.8) is 0 Å². The second-order valence-electron chi connectivity index (χ2n) is 5.39. The molecule has 1 rings (SSSR count). The molecule has 0 unspecified atom stereocenters. The third-order valence-corrected chi connectivity index (χ3v) is 4.45. The van der Waals surface area contributed by atoms with Crippen molar-refractivity contribution in [3.05, 3.63) is 29.8 Å². The lowest BCUT2D eigenvalue weighted by Gasteiger charge is -2.34. The highest BCUT2D eigenvalue weighted by atomic mass is 32.2. The van der Waals surface area contributed by atoms with E-state index in [9.17, 15) is 4.79 Å². The van der Waals surface area contributed by atoms with Crippen LogP contribution >= 0.6 is 11.8 Å². The van der Waals surface area contributed by atoms with Crippen LogP contribution in [0, 0.1) is 0 Å². The van der Waals surface area contributed by atoms with Crippen molar-refractivity contribution in [2.45, 2.75) is 44.0 Å². The molecule has 19 heavy (non-hydrogen) atoms. The Morgan fingerprint density at radius 2 is 1.84 bits per heavy atom. The van der Waals surface area contributed by atoms with Gasteiger partial charge >= 0.3 is 0 Å². The Morgan fingerprint density at radius 3 is 2.32 bits per heavy atom. The molecule has 0 spiro atoms. The van der Waals surface area contributed by atoms with E-state index in [-0.39, 0.29) is 5.78 Å². The van der Waals surface area contributed by atoms with Gasteiger partial charge in [0, 0.05) is 10.5 Å². The molecule has 0 atom stereocenters. The topological polar surface area (TPSA) is 20.3 Å². The maximum absolute atomic E-state index is 12.6. The third kappa shape index (κ3) is 4.08. The molecule has 0 aliphatic carbocycles. The van der Waals surface area contributed by atoms with Crippen LogP contribution in [-0.2, 0) is 0 Å². The second-order valence-corrected chi connectivity index (χ2v) is 6.27. The number of carbonyl (C=O) groups is 1. The zero-order chi connectivity index (χ0) is 14.5. The predicted molar refractivity (Wildman–Crippen MR) is 84.2 cm³/mol. The van der Waals surface area contributed by atoms with Crippen molar-refractivity contribution in [3.8, 4) is 0 Å². The van der Waals surface area contributed by atoms with Crippen LogP contribution in [0.4, 0.5) is 0 Å². The monoisotopic (exact) mass is 279 g/mol. The molecular formula is C16H25NOS. The summed E-state index contributed by atoms with van der Waals surface area (Å²) in [6.07, 6.45) is 4.31. The highest BCUT2D eigenvalue weighted by molar-refractivity contribution is 7.98. The van der Waals surface area contributed by atoms with Crippen LogP contribution in [0.5, 0.6) is 0 Å². The average molecular weight is 279 g/mol. The van der Waals surface area contributed by atoms with Crippen molar-refractivity contribution in [1.29, 1.82) is 0 Å². The SMILES string of the molecule is CCCCN(C)C(C)(C)C(=O)c1ccc(SC)cc1. The van der Waals surface area contributed by atoms with Crippen LogP contribution in [0.1, 0.15) is 44.0 Å². The van der Waals surface area contributed by atoms with E-state index in [4.69, 9.17) is 0 Å². The molecule has 2 nitrogen and oxygen atoms in total. The van der Waals surface area contributed by atoms with Gasteiger partial charge in [0.25, 0.3) is 0 Å². The first-order chi connectivity index (χ1) is 8.93. The van der Waals surface area contributed by atoms with Gasteiger partial charge in [0.15, 0.2) is 5.78 Å². The zero-order valence-corrected chi connectivity index (χ0v) is 13.5. The van der Waals surface area contributed by atoms with Crippen molar-refractivity contribution in [2.24, 2.45) is 0 Å². The number of Topliss-reactive ketones (excluding diaryl/α,β-unsaturated/α-hetero) is 1. The van der Waals surface area contributed by atoms with E-state index in [2.05, 4.69) is 11.8 Å². The van der Waals surface area contributed by atoms with Crippen LogP contribution < -0.4 is 0 Å². The lowest BCUT2D eigenvalue weighted by atomic mass is 9.91. The van der Waals surface area contributed by atoms with E-state index in [1.165, 1.54) is 4.90 Å². The summed E-state index contributed by atoms with van der Waals surface area (Å²) in [7, 11) is 2.03. The molecule has 0 radical (unpaired) electrons. The fraction of sp³-hybridized carbons (Fsp3) is 0.562. The molecule has 0 fully saturated rings. The summed E-state index contributed by atoms with van der Waals surface area (Å²) in [5.41, 5.74) is 0.349. The normalized spacial score (nSPS) is 11.9. The Labute approximate surface area is 121 Å². The number of nitrogens with zero attached hydrogens (tertiary/aromatic N) is 1. The first-order valence-electron chi connectivity index (χ1n) is 6.83. The Hall–Kier alpha value is -0.800. The zero-order valence-electron chi connectivity index (χ0n) is 12.7. The summed E-state index contributed by atoms with van der Waals surface area (Å²) >= 11 is 1.69. The lowest BCUT2D eigenvalue weighted by molar-refractivity contribution is 0.0704. The summed E-state index contributed by atoms with van der Waals surface area (Å²) < 4.78 is 0. The number of unbranched alkanes of at least 4 members (excludes halogenated alkanes) is 1. The minimum Gasteiger partial charge on any atom is -0.294 e. The van der Waals surface area contributed by atoms with Crippen LogP contribution in [0.15, 0.2) is 29.2 Å². The van der Waals surface area contributed by atoms with E-state index >= 15 is 0 Å². The number of thioether (sulfide) groups is 1. The molecule has 0 saturated carbocycles. The van der Waals surface area contributed by atoms with E-state index in [0.717, 1.165) is 24.9 Å². The second kappa shape index (κ2) is 7.11. The van der Waals surface area contributed by atoms with E-state index in [1.54, 1.807) is 11.8 Å². The molecular weight excluding hydrogens is 254 g/mol. The highest BCUT2D eigenvalue weighted by Gasteiger charge is 2.32. The fourth-order valence-corrected chi connectivity index (χ4v) is 2.35. The van der Waals surface area contributed by atoms with Gasteiger partial charge in [-0.05, 0) is 52.2 Å². The van der Waals surface area contributed by atoms with Gasteiger partial charge in [-0.2, -0.15) is 0 Å². The predicted octanol–water partition coefficient (Wildman–Crippen LogP) is 4.10. The van der Waals surface area contributed by atoms with Crippen molar-refractivity contribution >= 4 is 17.5 Å². The average Bonchev–Trinajstić information content (AvgIpc) is 2.43. The highest BCUT2D eigenvalue weighted by Crippen LogP contribution is 2.22. The number of likely N-dealkylation sites (N-methyl/N-ethyl adjacent to an activating group) is 1. The molecule has 0 heterocycles. The minimum absolute atomic E-state index is 0.193. The van der Waals surface area contributed by atoms with Crippen LogP contribution in [0.2, 0.25) is 0 Å². The van der Waals surface area contributed by atoms with Crippen LogP contribution in [0.25, 0.3) is 0 Å². The number of rotatable bonds is 7. The summed E-state index contributed by atoms with van der Waals surface area (Å²) in [6.45, 7) is 7.14. The molecule has 0 aliphatic heterocycles. The molecule has 0 aliphatic rings. The number of hydrogen-bond donors (Lipinski definition) is 0. The summed E-state index contributed by atoms with van der Waals surface area (Å²) in [5, 5.41) is 0. The Balaban J connectivity index is 2.83. The van der Waals surface area contributed by atoms with Gasteiger partial charge in [-0.1, -0.05) is 25.5 Å². The molecule has 0 saturated heterocycles. The standard InChI is InChI=1S/C16H25NOS/c1-6-7-12-17(4)16(2,3)15(18)13-8-10-14(19-5)11-9-13/h8-11H,6-7,12H2,1-5H3. The van der Waals surface area contributed by atoms with Crippen LogP contribution in [-0.4, -0.2) is 36.1 Å². The van der Waals surface area contributed by atoms with Crippen molar-refractivity contribution in [1.82, 2.24) is 4.90 Å². The van der Waals surface area contributed by atoms with Gasteiger partial charge in [-0.15, -0.1) is 11.8 Å². The summed E-state index contributed by atoms with van der Waals surface area (Å²) in [4.78, 5) is 16.0. The largest absolute Gasteiger partial charge is 0.294 e. The van der Waals surface area contributed by atoms with Crippen molar-refractivity contribution in [2.75, 3.05) is 19.8 Å². The maximum Gasteiger partial charge on any atom is 0.182 e. The van der Waals surface area contributed by atoms with Crippen molar-refractivity contribution < 1.29 is 4.79 Å². The molecule has 0 aromatic heterocycles. The van der Waals surface area contributed by atoms with Gasteiger partial charge in [0.2, 0.25) is 0 Å². The molecule has 1 aromatic carbocycles. The summed E-state index contributed by atoms with van der Waals surface area (Å²) in [5.74, 6) is 0.193. The van der Waals surface area contributed by atoms with Gasteiger partial charge in [0.05, 0.1) is 5.54 Å². The van der Waals surface area contributed by atoms with Gasteiger partial charge in [0.1, 0.15) is 0 Å². The van der Waals surface area contributed by atoms with E-state index < -0.39 is 5.54 Å². The number of ketones is 1. The summed E-state index contributed by atoms with van der Waals surface area (Å²) in [6, 6.07) is 7.90. The third-order valence-electron chi connectivity index (χ3n) is 3.71. The molecule has 3 heteroatoms. The first-order valence-corrected chi connectivity index (χ1v) is 8.06. The first kappa shape index (κ1) is 16.3. The van der Waals surface area contributed by atoms with E-state index in [0.29, 0.717) is 0 Å². The Bertz CT molecular complexity index is 411. The molecule has 1 aromatic rings. The minimum atomic E-state index is -0.448. The quantitative estimate of drug-likeness (QED) is 0.553. The van der Waals surface area contributed by atoms with Crippen LogP contribution in [0.3, 0.4) is 0 Å². The van der Waals surface area contributed by atoms with Gasteiger partial charge in [-0.3, -0.25) is 9.69 Å². The Kier molecular flexibility index (Phi) is 6.08. The maximum atomic E-state index is 12.6. The van der Waals surface area contributed by atoms with E-state index in [1.807, 2.05) is 51.4 Å². The number of hydrogen-bond acceptors (Lipinski definition) is 3. The Morgan fingerprint density at radius 1 is 1.26 bits per heavy atom. The fourth-order valence-electron chi connectivity index (χ4n) is 1.94. The van der Waals surface area contributed by atoms with Gasteiger partial charge in [-0.25, -0.2) is 0 Å². The molecule has 0 N–H and O–H groups in total. The number of carbonyl (C=O) groups excluding carboxylic acids is 1.